The number of hydrogen-bond acceptors (Lipinski definition) is 6. The highest BCUT2D eigenvalue weighted by molar-refractivity contribution is 8.01. The van der Waals surface area contributed by atoms with Gasteiger partial charge in [0, 0.05) is 10.6 Å². The van der Waals surface area contributed by atoms with Crippen LogP contribution >= 0.6 is 34.7 Å². The van der Waals surface area contributed by atoms with E-state index in [4.69, 9.17) is 22.2 Å². The molecule has 122 valence electrons. The van der Waals surface area contributed by atoms with E-state index < -0.39 is 5.97 Å². The van der Waals surface area contributed by atoms with Gasteiger partial charge in [0.1, 0.15) is 5.75 Å². The molecule has 3 rings (SSSR count). The van der Waals surface area contributed by atoms with Gasteiger partial charge in [-0.05, 0) is 36.4 Å². The Hall–Kier alpha value is -2.09. The topological polar surface area (TPSA) is 77.6 Å². The highest BCUT2D eigenvalue weighted by Gasteiger charge is 2.09. The number of aromatic nitrogens is 1. The van der Waals surface area contributed by atoms with Crippen LogP contribution in [-0.4, -0.2) is 22.5 Å². The minimum Gasteiger partial charge on any atom is -0.380 e. The van der Waals surface area contributed by atoms with Crippen LogP contribution in [-0.2, 0) is 9.63 Å². The lowest BCUT2D eigenvalue weighted by molar-refractivity contribution is -0.140. The number of fused-ring (bicyclic) bond motifs is 1. The Bertz CT molecular complexity index is 861. The summed E-state index contributed by atoms with van der Waals surface area (Å²) in [5.74, 6) is -0.266. The maximum atomic E-state index is 11.8. The van der Waals surface area contributed by atoms with Gasteiger partial charge in [0.25, 0.3) is 0 Å². The number of amidine groups is 1. The summed E-state index contributed by atoms with van der Waals surface area (Å²) >= 11 is 8.64. The molecule has 24 heavy (non-hydrogen) atoms. The third-order valence-electron chi connectivity index (χ3n) is 2.97. The number of rotatable bonds is 5. The third kappa shape index (κ3) is 4.25. The SMILES string of the molecule is N/C(=N\OC(=O)CSc1nc2ccccc2s1)c1ccc(Cl)cc1. The van der Waals surface area contributed by atoms with Gasteiger partial charge in [-0.1, -0.05) is 40.7 Å². The maximum absolute atomic E-state index is 11.8. The van der Waals surface area contributed by atoms with Crippen molar-refractivity contribution in [3.05, 3.63) is 59.1 Å². The van der Waals surface area contributed by atoms with Gasteiger partial charge >= 0.3 is 5.97 Å². The summed E-state index contributed by atoms with van der Waals surface area (Å²) in [6, 6.07) is 14.6. The van der Waals surface area contributed by atoms with Crippen LogP contribution in [0.5, 0.6) is 0 Å². The van der Waals surface area contributed by atoms with Crippen LogP contribution in [0.1, 0.15) is 5.56 Å². The Kier molecular flexibility index (Phi) is 5.34. The molecule has 3 aromatic rings. The van der Waals surface area contributed by atoms with E-state index in [0.717, 1.165) is 14.6 Å². The van der Waals surface area contributed by atoms with Gasteiger partial charge in [-0.15, -0.1) is 11.3 Å². The van der Waals surface area contributed by atoms with Crippen LogP contribution in [0.15, 0.2) is 58.0 Å². The first-order valence-corrected chi connectivity index (χ1v) is 9.07. The van der Waals surface area contributed by atoms with Crippen LogP contribution < -0.4 is 5.73 Å². The Labute approximate surface area is 151 Å². The Morgan fingerprint density at radius 1 is 1.25 bits per heavy atom. The van der Waals surface area contributed by atoms with E-state index in [1.807, 2.05) is 24.3 Å². The number of oxime groups is 1. The van der Waals surface area contributed by atoms with Gasteiger partial charge < -0.3 is 10.6 Å². The number of thioether (sulfide) groups is 1. The molecule has 0 saturated carbocycles. The Morgan fingerprint density at radius 3 is 2.75 bits per heavy atom. The zero-order chi connectivity index (χ0) is 16.9. The number of nitrogens with two attached hydrogens (primary N) is 1. The fraction of sp³-hybridized carbons (Fsp3) is 0.0625. The number of nitrogens with zero attached hydrogens (tertiary/aromatic N) is 2. The van der Waals surface area contributed by atoms with Gasteiger partial charge in [0.15, 0.2) is 10.2 Å². The first kappa shape index (κ1) is 16.8. The Morgan fingerprint density at radius 2 is 2.00 bits per heavy atom. The van der Waals surface area contributed by atoms with E-state index >= 15 is 0 Å². The lowest BCUT2D eigenvalue weighted by atomic mass is 10.2. The molecular formula is C16H12ClN3O2S2. The van der Waals surface area contributed by atoms with Crippen molar-refractivity contribution in [1.29, 1.82) is 0 Å². The van der Waals surface area contributed by atoms with Gasteiger partial charge in [-0.3, -0.25) is 0 Å². The molecule has 0 atom stereocenters. The lowest BCUT2D eigenvalue weighted by Gasteiger charge is -2.01. The first-order chi connectivity index (χ1) is 11.6. The van der Waals surface area contributed by atoms with Crippen molar-refractivity contribution in [1.82, 2.24) is 4.98 Å². The molecule has 1 heterocycles. The lowest BCUT2D eigenvalue weighted by Crippen LogP contribution is -2.15. The molecule has 0 aliphatic heterocycles. The number of para-hydroxylation sites is 1. The van der Waals surface area contributed by atoms with E-state index in [1.54, 1.807) is 24.3 Å². The number of carbonyl (C=O) groups is 1. The second-order valence-electron chi connectivity index (χ2n) is 4.68. The largest absolute Gasteiger partial charge is 0.380 e. The summed E-state index contributed by atoms with van der Waals surface area (Å²) in [6.45, 7) is 0. The van der Waals surface area contributed by atoms with E-state index in [9.17, 15) is 4.79 Å². The molecule has 0 fully saturated rings. The minimum absolute atomic E-state index is 0.108. The summed E-state index contributed by atoms with van der Waals surface area (Å²) in [4.78, 5) is 21.0. The predicted octanol–water partition coefficient (Wildman–Crippen LogP) is 3.91. The van der Waals surface area contributed by atoms with Crippen LogP contribution in [0.3, 0.4) is 0 Å². The first-order valence-electron chi connectivity index (χ1n) is 6.89. The fourth-order valence-corrected chi connectivity index (χ4v) is 3.79. The molecule has 2 N–H and O–H groups in total. The fourth-order valence-electron chi connectivity index (χ4n) is 1.83. The van der Waals surface area contributed by atoms with Crippen molar-refractivity contribution < 1.29 is 9.63 Å². The van der Waals surface area contributed by atoms with Crippen LogP contribution in [0.2, 0.25) is 5.02 Å². The molecule has 2 aromatic carbocycles. The Balaban J connectivity index is 1.55. The second kappa shape index (κ2) is 7.65. The molecule has 0 unspecified atom stereocenters. The quantitative estimate of drug-likeness (QED) is 0.240. The van der Waals surface area contributed by atoms with Crippen LogP contribution in [0.4, 0.5) is 0 Å². The molecule has 0 aliphatic carbocycles. The zero-order valence-electron chi connectivity index (χ0n) is 12.3. The summed E-state index contributed by atoms with van der Waals surface area (Å²) in [5.41, 5.74) is 7.31. The molecule has 1 aromatic heterocycles. The van der Waals surface area contributed by atoms with Crippen molar-refractivity contribution >= 4 is 56.7 Å². The van der Waals surface area contributed by atoms with Crippen molar-refractivity contribution in [2.75, 3.05) is 5.75 Å². The predicted molar refractivity (Wildman–Crippen MR) is 98.6 cm³/mol. The summed E-state index contributed by atoms with van der Waals surface area (Å²) in [5, 5.41) is 4.24. The second-order valence-corrected chi connectivity index (χ2v) is 7.37. The monoisotopic (exact) mass is 377 g/mol. The molecule has 0 saturated heterocycles. The van der Waals surface area contributed by atoms with Gasteiger partial charge in [-0.2, -0.15) is 0 Å². The standard InChI is InChI=1S/C16H12ClN3O2S2/c17-11-7-5-10(6-8-11)15(18)20-22-14(21)9-23-16-19-12-3-1-2-4-13(12)24-16/h1-8H,9H2,(H2,18,20). The van der Waals surface area contributed by atoms with E-state index in [-0.39, 0.29) is 11.6 Å². The maximum Gasteiger partial charge on any atom is 0.345 e. The summed E-state index contributed by atoms with van der Waals surface area (Å²) < 4.78 is 1.89. The van der Waals surface area contributed by atoms with Crippen molar-refractivity contribution in [3.63, 3.8) is 0 Å². The average molecular weight is 378 g/mol. The molecule has 0 amide bonds. The number of halogens is 1. The molecule has 0 radical (unpaired) electrons. The van der Waals surface area contributed by atoms with Gasteiger partial charge in [0.2, 0.25) is 0 Å². The molecular weight excluding hydrogens is 366 g/mol. The van der Waals surface area contributed by atoms with E-state index in [0.29, 0.717) is 10.6 Å². The number of thiazole rings is 1. The average Bonchev–Trinajstić information content (AvgIpc) is 3.01. The van der Waals surface area contributed by atoms with E-state index in [1.165, 1.54) is 23.1 Å². The molecule has 5 nitrogen and oxygen atoms in total. The van der Waals surface area contributed by atoms with Gasteiger partial charge in [-0.25, -0.2) is 9.78 Å². The number of benzene rings is 2. The number of hydrogen-bond donors (Lipinski definition) is 1. The van der Waals surface area contributed by atoms with E-state index in [2.05, 4.69) is 10.1 Å². The summed E-state index contributed by atoms with van der Waals surface area (Å²) in [7, 11) is 0. The highest BCUT2D eigenvalue weighted by atomic mass is 35.5. The molecule has 8 heteroatoms. The van der Waals surface area contributed by atoms with Crippen molar-refractivity contribution in [3.8, 4) is 0 Å². The van der Waals surface area contributed by atoms with Crippen LogP contribution in [0.25, 0.3) is 10.2 Å². The molecule has 0 aliphatic rings. The van der Waals surface area contributed by atoms with Crippen molar-refractivity contribution in [2.45, 2.75) is 4.34 Å². The minimum atomic E-state index is -0.490. The molecule has 0 bridgehead atoms. The van der Waals surface area contributed by atoms with Crippen molar-refractivity contribution in [2.24, 2.45) is 10.9 Å². The zero-order valence-corrected chi connectivity index (χ0v) is 14.7. The normalized spacial score (nSPS) is 11.6. The summed E-state index contributed by atoms with van der Waals surface area (Å²) in [6.07, 6.45) is 0. The number of carbonyl (C=O) groups excluding carboxylic acids is 1. The van der Waals surface area contributed by atoms with Crippen LogP contribution in [0, 0.1) is 0 Å². The molecule has 0 spiro atoms. The smallest absolute Gasteiger partial charge is 0.345 e. The van der Waals surface area contributed by atoms with Gasteiger partial charge in [0.05, 0.1) is 10.2 Å². The third-order valence-corrected chi connectivity index (χ3v) is 5.38. The highest BCUT2D eigenvalue weighted by Crippen LogP contribution is 2.29.